The summed E-state index contributed by atoms with van der Waals surface area (Å²) in [5.41, 5.74) is 4.55. The SMILES string of the molecule is C=C(C)C(=O)OC(c1ccc(C)cc1)c1ccc(N(C)C)cc1. The molecule has 0 saturated carbocycles. The average Bonchev–Trinajstić information content (AvgIpc) is 2.53. The van der Waals surface area contributed by atoms with E-state index in [0.717, 1.165) is 16.8 Å². The lowest BCUT2D eigenvalue weighted by Gasteiger charge is -2.20. The maximum atomic E-state index is 12.0. The number of nitrogens with zero attached hydrogens (tertiary/aromatic N) is 1. The zero-order valence-corrected chi connectivity index (χ0v) is 14.2. The normalized spacial score (nSPS) is 11.7. The van der Waals surface area contributed by atoms with E-state index in [-0.39, 0.29) is 5.97 Å². The van der Waals surface area contributed by atoms with Crippen LogP contribution in [0.25, 0.3) is 0 Å². The topological polar surface area (TPSA) is 29.5 Å². The third-order valence-electron chi connectivity index (χ3n) is 3.67. The van der Waals surface area contributed by atoms with Crippen LogP contribution in [-0.4, -0.2) is 20.1 Å². The van der Waals surface area contributed by atoms with Gasteiger partial charge in [-0.2, -0.15) is 0 Å². The number of rotatable bonds is 5. The van der Waals surface area contributed by atoms with E-state index in [4.69, 9.17) is 4.74 Å². The van der Waals surface area contributed by atoms with Crippen LogP contribution in [0.4, 0.5) is 5.69 Å². The molecule has 0 aromatic heterocycles. The number of ether oxygens (including phenoxy) is 1. The van der Waals surface area contributed by atoms with Crippen LogP contribution in [0.5, 0.6) is 0 Å². The van der Waals surface area contributed by atoms with Crippen molar-refractivity contribution in [3.8, 4) is 0 Å². The Morgan fingerprint density at radius 2 is 1.48 bits per heavy atom. The summed E-state index contributed by atoms with van der Waals surface area (Å²) in [6, 6.07) is 16.0. The molecule has 0 saturated heterocycles. The molecule has 1 atom stereocenters. The smallest absolute Gasteiger partial charge is 0.334 e. The van der Waals surface area contributed by atoms with Crippen molar-refractivity contribution >= 4 is 11.7 Å². The summed E-state index contributed by atoms with van der Waals surface area (Å²) in [6.45, 7) is 7.35. The van der Waals surface area contributed by atoms with Crippen molar-refractivity contribution in [2.24, 2.45) is 0 Å². The van der Waals surface area contributed by atoms with Crippen LogP contribution in [0.15, 0.2) is 60.7 Å². The molecule has 120 valence electrons. The highest BCUT2D eigenvalue weighted by atomic mass is 16.5. The number of aryl methyl sites for hydroxylation is 1. The molecule has 0 N–H and O–H groups in total. The molecule has 3 heteroatoms. The van der Waals surface area contributed by atoms with Gasteiger partial charge in [-0.05, 0) is 37.1 Å². The minimum Gasteiger partial charge on any atom is -0.449 e. The molecule has 0 aliphatic carbocycles. The number of hydrogen-bond acceptors (Lipinski definition) is 3. The van der Waals surface area contributed by atoms with Crippen molar-refractivity contribution in [1.29, 1.82) is 0 Å². The maximum absolute atomic E-state index is 12.0. The van der Waals surface area contributed by atoms with E-state index in [9.17, 15) is 4.79 Å². The fraction of sp³-hybridized carbons (Fsp3) is 0.250. The van der Waals surface area contributed by atoms with E-state index >= 15 is 0 Å². The molecule has 0 radical (unpaired) electrons. The predicted molar refractivity (Wildman–Crippen MR) is 94.7 cm³/mol. The first kappa shape index (κ1) is 16.8. The van der Waals surface area contributed by atoms with Gasteiger partial charge in [0, 0.05) is 25.4 Å². The largest absolute Gasteiger partial charge is 0.449 e. The first-order valence-electron chi connectivity index (χ1n) is 7.59. The first-order valence-corrected chi connectivity index (χ1v) is 7.59. The summed E-state index contributed by atoms with van der Waals surface area (Å²) in [6.07, 6.45) is -0.434. The Balaban J connectivity index is 2.37. The third-order valence-corrected chi connectivity index (χ3v) is 3.67. The van der Waals surface area contributed by atoms with Crippen LogP contribution >= 0.6 is 0 Å². The summed E-state index contributed by atoms with van der Waals surface area (Å²) in [7, 11) is 3.99. The highest BCUT2D eigenvalue weighted by Gasteiger charge is 2.19. The molecule has 1 unspecified atom stereocenters. The van der Waals surface area contributed by atoms with Gasteiger partial charge in [0.25, 0.3) is 0 Å². The zero-order valence-electron chi connectivity index (χ0n) is 14.2. The van der Waals surface area contributed by atoms with Crippen molar-refractivity contribution < 1.29 is 9.53 Å². The van der Waals surface area contributed by atoms with Gasteiger partial charge in [-0.3, -0.25) is 0 Å². The zero-order chi connectivity index (χ0) is 17.0. The van der Waals surface area contributed by atoms with Gasteiger partial charge in [-0.25, -0.2) is 4.79 Å². The Kier molecular flexibility index (Phi) is 5.22. The quantitative estimate of drug-likeness (QED) is 0.610. The van der Waals surface area contributed by atoms with Gasteiger partial charge in [-0.15, -0.1) is 0 Å². The van der Waals surface area contributed by atoms with Gasteiger partial charge in [0.05, 0.1) is 0 Å². The van der Waals surface area contributed by atoms with Crippen molar-refractivity contribution in [3.05, 3.63) is 77.4 Å². The Bertz CT molecular complexity index is 685. The Morgan fingerprint density at radius 3 is 1.91 bits per heavy atom. The second-order valence-electron chi connectivity index (χ2n) is 5.96. The average molecular weight is 309 g/mol. The van der Waals surface area contributed by atoms with Crippen molar-refractivity contribution in [3.63, 3.8) is 0 Å². The van der Waals surface area contributed by atoms with Crippen molar-refractivity contribution in [1.82, 2.24) is 0 Å². The molecule has 2 aromatic carbocycles. The van der Waals surface area contributed by atoms with E-state index in [0.29, 0.717) is 5.57 Å². The van der Waals surface area contributed by atoms with E-state index in [1.165, 1.54) is 5.56 Å². The molecular weight excluding hydrogens is 286 g/mol. The summed E-state index contributed by atoms with van der Waals surface area (Å²) in [5.74, 6) is -0.382. The first-order chi connectivity index (χ1) is 10.9. The molecule has 0 amide bonds. The van der Waals surface area contributed by atoms with E-state index in [1.807, 2.05) is 74.4 Å². The Hall–Kier alpha value is -2.55. The van der Waals surface area contributed by atoms with Gasteiger partial charge in [0.2, 0.25) is 0 Å². The molecule has 2 aromatic rings. The lowest BCUT2D eigenvalue weighted by Crippen LogP contribution is -2.14. The minimum atomic E-state index is -0.434. The van der Waals surface area contributed by atoms with Gasteiger partial charge in [0.1, 0.15) is 0 Å². The summed E-state index contributed by atoms with van der Waals surface area (Å²) in [5, 5.41) is 0. The number of anilines is 1. The standard InChI is InChI=1S/C20H23NO2/c1-14(2)20(22)23-19(16-8-6-15(3)7-9-16)17-10-12-18(13-11-17)21(4)5/h6-13,19H,1H2,2-5H3. The van der Waals surface area contributed by atoms with Crippen molar-refractivity contribution in [2.75, 3.05) is 19.0 Å². The number of carbonyl (C=O) groups is 1. The van der Waals surface area contributed by atoms with Crippen LogP contribution in [-0.2, 0) is 9.53 Å². The highest BCUT2D eigenvalue weighted by molar-refractivity contribution is 5.87. The van der Waals surface area contributed by atoms with E-state index in [1.54, 1.807) is 6.92 Å². The number of esters is 1. The fourth-order valence-corrected chi connectivity index (χ4v) is 2.22. The minimum absolute atomic E-state index is 0.382. The summed E-state index contributed by atoms with van der Waals surface area (Å²) >= 11 is 0. The molecule has 0 heterocycles. The molecule has 2 rings (SSSR count). The number of benzene rings is 2. The fourth-order valence-electron chi connectivity index (χ4n) is 2.22. The Morgan fingerprint density at radius 1 is 1.00 bits per heavy atom. The monoisotopic (exact) mass is 309 g/mol. The maximum Gasteiger partial charge on any atom is 0.334 e. The predicted octanol–water partition coefficient (Wildman–Crippen LogP) is 4.27. The van der Waals surface area contributed by atoms with E-state index in [2.05, 4.69) is 6.58 Å². The molecule has 0 aliphatic heterocycles. The van der Waals surface area contributed by atoms with Crippen LogP contribution < -0.4 is 4.90 Å². The third kappa shape index (κ3) is 4.22. The molecule has 3 nitrogen and oxygen atoms in total. The van der Waals surface area contributed by atoms with Gasteiger partial charge >= 0.3 is 5.97 Å². The molecule has 0 fully saturated rings. The van der Waals surface area contributed by atoms with Gasteiger partial charge in [0.15, 0.2) is 6.10 Å². The van der Waals surface area contributed by atoms with Crippen LogP contribution in [0.1, 0.15) is 29.7 Å². The lowest BCUT2D eigenvalue weighted by molar-refractivity contribution is -0.142. The molecule has 0 bridgehead atoms. The number of hydrogen-bond donors (Lipinski definition) is 0. The van der Waals surface area contributed by atoms with Crippen LogP contribution in [0.2, 0.25) is 0 Å². The van der Waals surface area contributed by atoms with Crippen LogP contribution in [0.3, 0.4) is 0 Å². The van der Waals surface area contributed by atoms with Crippen LogP contribution in [0, 0.1) is 6.92 Å². The van der Waals surface area contributed by atoms with Crippen molar-refractivity contribution in [2.45, 2.75) is 20.0 Å². The lowest BCUT2D eigenvalue weighted by atomic mass is 10.00. The highest BCUT2D eigenvalue weighted by Crippen LogP contribution is 2.28. The second-order valence-corrected chi connectivity index (χ2v) is 5.96. The molecule has 0 aliphatic rings. The molecular formula is C20H23NO2. The van der Waals surface area contributed by atoms with Gasteiger partial charge in [-0.1, -0.05) is 48.5 Å². The Labute approximate surface area is 138 Å². The summed E-state index contributed by atoms with van der Waals surface area (Å²) in [4.78, 5) is 14.0. The molecule has 23 heavy (non-hydrogen) atoms. The van der Waals surface area contributed by atoms with E-state index < -0.39 is 6.10 Å². The molecule has 0 spiro atoms. The van der Waals surface area contributed by atoms with Gasteiger partial charge < -0.3 is 9.64 Å². The number of carbonyl (C=O) groups excluding carboxylic acids is 1. The summed E-state index contributed by atoms with van der Waals surface area (Å²) < 4.78 is 5.67. The second kappa shape index (κ2) is 7.14.